The van der Waals surface area contributed by atoms with Gasteiger partial charge in [-0.05, 0) is 92.0 Å². The number of nitrogens with zero attached hydrogens (tertiary/aromatic N) is 3. The molecule has 0 saturated heterocycles. The highest BCUT2D eigenvalue weighted by Gasteiger charge is 2.24. The fraction of sp³-hybridized carbons (Fsp3) is 0.344. The smallest absolute Gasteiger partial charge is 0.223 e. The number of ether oxygens (including phenoxy) is 1. The Morgan fingerprint density at radius 2 is 1.72 bits per heavy atom. The lowest BCUT2D eigenvalue weighted by atomic mass is 9.81. The first kappa shape index (κ1) is 25.2. The van der Waals surface area contributed by atoms with Crippen molar-refractivity contribution in [3.8, 4) is 16.9 Å². The summed E-state index contributed by atoms with van der Waals surface area (Å²) in [6.07, 6.45) is 2.88. The zero-order valence-electron chi connectivity index (χ0n) is 22.9. The SMILES string of the molecule is CCNc1nc(CC2CCOc3ccc(-c4ccc5nc(NCC)[nH]c5c4)cc3CC2C)c2ccccc2n1. The maximum absolute atomic E-state index is 6.32. The fourth-order valence-electron chi connectivity index (χ4n) is 5.70. The van der Waals surface area contributed by atoms with Crippen LogP contribution in [0.25, 0.3) is 33.1 Å². The Bertz CT molecular complexity index is 1610. The van der Waals surface area contributed by atoms with Crippen LogP contribution in [0.1, 0.15) is 38.4 Å². The first-order chi connectivity index (χ1) is 19.1. The number of fused-ring (bicyclic) bond motifs is 3. The summed E-state index contributed by atoms with van der Waals surface area (Å²) in [6.45, 7) is 8.86. The van der Waals surface area contributed by atoms with Gasteiger partial charge in [0.2, 0.25) is 11.9 Å². The summed E-state index contributed by atoms with van der Waals surface area (Å²) in [5, 5.41) is 7.71. The molecule has 0 amide bonds. The van der Waals surface area contributed by atoms with Crippen molar-refractivity contribution < 1.29 is 4.74 Å². The quantitative estimate of drug-likeness (QED) is 0.217. The standard InChI is InChI=1S/C32H36N6O/c1-4-33-31-35-26-9-7-6-8-25(26)28(37-31)18-21-14-15-39-30-13-11-22(17-24(30)16-20(21)3)23-10-12-27-29(19-23)38-32(36-27)34-5-2/h6-13,17,19-21H,4-5,14-16,18H2,1-3H3,(H,33,35,37)(H2,34,36,38). The van der Waals surface area contributed by atoms with Crippen molar-refractivity contribution >= 4 is 33.8 Å². The number of H-pyrrole nitrogens is 1. The van der Waals surface area contributed by atoms with Crippen LogP contribution in [0.5, 0.6) is 5.75 Å². The average Bonchev–Trinajstić information content (AvgIpc) is 3.34. The lowest BCUT2D eigenvalue weighted by Gasteiger charge is -2.28. The van der Waals surface area contributed by atoms with E-state index in [0.717, 1.165) is 71.7 Å². The van der Waals surface area contributed by atoms with Gasteiger partial charge in [0.05, 0.1) is 28.9 Å². The Morgan fingerprint density at radius 3 is 2.59 bits per heavy atom. The summed E-state index contributed by atoms with van der Waals surface area (Å²) < 4.78 is 6.32. The Kier molecular flexibility index (Phi) is 7.05. The fourth-order valence-corrected chi connectivity index (χ4v) is 5.70. The summed E-state index contributed by atoms with van der Waals surface area (Å²) in [4.78, 5) is 17.6. The number of benzene rings is 3. The van der Waals surface area contributed by atoms with E-state index >= 15 is 0 Å². The number of imidazole rings is 1. The van der Waals surface area contributed by atoms with Crippen LogP contribution in [0.15, 0.2) is 60.7 Å². The molecule has 2 unspecified atom stereocenters. The highest BCUT2D eigenvalue weighted by Crippen LogP contribution is 2.35. The molecule has 7 nitrogen and oxygen atoms in total. The maximum Gasteiger partial charge on any atom is 0.223 e. The van der Waals surface area contributed by atoms with Gasteiger partial charge in [-0.25, -0.2) is 15.0 Å². The van der Waals surface area contributed by atoms with Gasteiger partial charge in [-0.3, -0.25) is 0 Å². The van der Waals surface area contributed by atoms with Crippen LogP contribution < -0.4 is 15.4 Å². The number of rotatable bonds is 7. The monoisotopic (exact) mass is 520 g/mol. The van der Waals surface area contributed by atoms with Gasteiger partial charge in [0.1, 0.15) is 5.75 Å². The molecule has 0 fully saturated rings. The molecule has 0 spiro atoms. The van der Waals surface area contributed by atoms with E-state index in [4.69, 9.17) is 14.7 Å². The van der Waals surface area contributed by atoms with Crippen LogP contribution in [0.2, 0.25) is 0 Å². The van der Waals surface area contributed by atoms with Crippen molar-refractivity contribution in [3.05, 3.63) is 71.9 Å². The van der Waals surface area contributed by atoms with Crippen LogP contribution in [0, 0.1) is 11.8 Å². The van der Waals surface area contributed by atoms with Gasteiger partial charge < -0.3 is 20.4 Å². The largest absolute Gasteiger partial charge is 0.493 e. The molecule has 2 aromatic heterocycles. The van der Waals surface area contributed by atoms with Crippen molar-refractivity contribution in [1.82, 2.24) is 19.9 Å². The van der Waals surface area contributed by atoms with Gasteiger partial charge >= 0.3 is 0 Å². The minimum absolute atomic E-state index is 0.459. The highest BCUT2D eigenvalue weighted by molar-refractivity contribution is 5.84. The predicted octanol–water partition coefficient (Wildman–Crippen LogP) is 6.86. The number of hydrogen-bond donors (Lipinski definition) is 3. The maximum atomic E-state index is 6.32. The predicted molar refractivity (Wildman–Crippen MR) is 160 cm³/mol. The van der Waals surface area contributed by atoms with Crippen LogP contribution in [-0.2, 0) is 12.8 Å². The van der Waals surface area contributed by atoms with E-state index in [1.807, 2.05) is 6.07 Å². The summed E-state index contributed by atoms with van der Waals surface area (Å²) in [6, 6.07) is 21.4. The molecular weight excluding hydrogens is 484 g/mol. The summed E-state index contributed by atoms with van der Waals surface area (Å²) in [5.41, 5.74) is 7.75. The molecule has 7 heteroatoms. The molecule has 200 valence electrons. The second-order valence-electron chi connectivity index (χ2n) is 10.5. The van der Waals surface area contributed by atoms with Gasteiger partial charge in [0, 0.05) is 18.5 Å². The summed E-state index contributed by atoms with van der Waals surface area (Å²) in [7, 11) is 0. The van der Waals surface area contributed by atoms with Gasteiger partial charge in [-0.2, -0.15) is 0 Å². The highest BCUT2D eigenvalue weighted by atomic mass is 16.5. The molecule has 6 rings (SSSR count). The lowest BCUT2D eigenvalue weighted by Crippen LogP contribution is -2.23. The number of nitrogens with one attached hydrogen (secondary N) is 3. The van der Waals surface area contributed by atoms with Crippen LogP contribution in [0.4, 0.5) is 11.9 Å². The molecule has 0 bridgehead atoms. The summed E-state index contributed by atoms with van der Waals surface area (Å²) in [5.74, 6) is 3.47. The zero-order chi connectivity index (χ0) is 26.8. The first-order valence-corrected chi connectivity index (χ1v) is 14.1. The van der Waals surface area contributed by atoms with Crippen LogP contribution in [-0.4, -0.2) is 39.6 Å². The average molecular weight is 521 g/mol. The number of para-hydroxylation sites is 1. The Labute approximate surface area is 229 Å². The Hall–Kier alpha value is -4.13. The normalized spacial score (nSPS) is 17.3. The van der Waals surface area contributed by atoms with Crippen molar-refractivity contribution in [1.29, 1.82) is 0 Å². The van der Waals surface area contributed by atoms with E-state index in [1.165, 1.54) is 16.7 Å². The molecule has 0 aliphatic carbocycles. The van der Waals surface area contributed by atoms with E-state index in [-0.39, 0.29) is 0 Å². The molecule has 39 heavy (non-hydrogen) atoms. The van der Waals surface area contributed by atoms with E-state index < -0.39 is 0 Å². The van der Waals surface area contributed by atoms with E-state index in [1.54, 1.807) is 0 Å². The lowest BCUT2D eigenvalue weighted by molar-refractivity contribution is 0.221. The van der Waals surface area contributed by atoms with Crippen molar-refractivity contribution in [2.24, 2.45) is 11.8 Å². The first-order valence-electron chi connectivity index (χ1n) is 14.1. The molecule has 2 atom stereocenters. The van der Waals surface area contributed by atoms with Gasteiger partial charge in [0.25, 0.3) is 0 Å². The molecule has 0 radical (unpaired) electrons. The third-order valence-corrected chi connectivity index (χ3v) is 7.79. The van der Waals surface area contributed by atoms with Crippen LogP contribution in [0.3, 0.4) is 0 Å². The van der Waals surface area contributed by atoms with Gasteiger partial charge in [-0.1, -0.05) is 37.3 Å². The molecule has 3 N–H and O–H groups in total. The number of anilines is 2. The number of aromatic amines is 1. The molecule has 1 aliphatic rings. The van der Waals surface area contributed by atoms with E-state index in [0.29, 0.717) is 24.4 Å². The second kappa shape index (κ2) is 10.9. The third-order valence-electron chi connectivity index (χ3n) is 7.79. The van der Waals surface area contributed by atoms with Gasteiger partial charge in [0.15, 0.2) is 0 Å². The molecule has 5 aromatic rings. The summed E-state index contributed by atoms with van der Waals surface area (Å²) >= 11 is 0. The molecular formula is C32H36N6O. The van der Waals surface area contributed by atoms with Crippen molar-refractivity contribution in [3.63, 3.8) is 0 Å². The van der Waals surface area contributed by atoms with E-state index in [9.17, 15) is 0 Å². The second-order valence-corrected chi connectivity index (χ2v) is 10.5. The van der Waals surface area contributed by atoms with Crippen molar-refractivity contribution in [2.75, 3.05) is 30.3 Å². The minimum Gasteiger partial charge on any atom is -0.493 e. The molecule has 0 saturated carbocycles. The number of aromatic nitrogens is 4. The topological polar surface area (TPSA) is 87.8 Å². The molecule has 3 aromatic carbocycles. The van der Waals surface area contributed by atoms with E-state index in [2.05, 4.69) is 96.0 Å². The Balaban J connectivity index is 1.26. The Morgan fingerprint density at radius 1 is 0.897 bits per heavy atom. The zero-order valence-corrected chi connectivity index (χ0v) is 22.9. The minimum atomic E-state index is 0.459. The van der Waals surface area contributed by atoms with Gasteiger partial charge in [-0.15, -0.1) is 0 Å². The third kappa shape index (κ3) is 5.26. The van der Waals surface area contributed by atoms with Crippen LogP contribution >= 0.6 is 0 Å². The number of hydrogen-bond acceptors (Lipinski definition) is 6. The molecule has 1 aliphatic heterocycles. The molecule has 3 heterocycles. The van der Waals surface area contributed by atoms with Crippen molar-refractivity contribution in [2.45, 2.75) is 40.0 Å².